The van der Waals surface area contributed by atoms with Gasteiger partial charge in [-0.05, 0) is 29.8 Å². The lowest BCUT2D eigenvalue weighted by Gasteiger charge is -2.13. The minimum Gasteiger partial charge on any atom is -0.383 e. The van der Waals surface area contributed by atoms with Crippen molar-refractivity contribution in [2.45, 2.75) is 0 Å². The maximum absolute atomic E-state index is 4.41. The summed E-state index contributed by atoms with van der Waals surface area (Å²) >= 11 is 0. The lowest BCUT2D eigenvalue weighted by Crippen LogP contribution is -2.09. The smallest absolute Gasteiger partial charge is 0.0562 e. The number of nitrogens with zero attached hydrogens (tertiary/aromatic N) is 2. The van der Waals surface area contributed by atoms with Crippen LogP contribution in [0, 0.1) is 0 Å². The first-order chi connectivity index (χ1) is 9.75. The normalized spacial score (nSPS) is 10.7. The van der Waals surface area contributed by atoms with Crippen LogP contribution in [0.4, 0.5) is 11.4 Å². The average Bonchev–Trinajstić information content (AvgIpc) is 2.48. The molecule has 0 radical (unpaired) electrons. The van der Waals surface area contributed by atoms with Gasteiger partial charge in [-0.15, -0.1) is 0 Å². The van der Waals surface area contributed by atoms with Crippen molar-refractivity contribution < 1.29 is 0 Å². The summed E-state index contributed by atoms with van der Waals surface area (Å²) in [7, 11) is 4.08. The Hall–Kier alpha value is -2.29. The van der Waals surface area contributed by atoms with Crippen molar-refractivity contribution in [2.75, 3.05) is 37.4 Å². The van der Waals surface area contributed by atoms with Crippen LogP contribution in [0.3, 0.4) is 0 Å². The molecule has 2 aromatic carbocycles. The highest BCUT2D eigenvalue weighted by molar-refractivity contribution is 5.79. The first kappa shape index (κ1) is 14.1. The summed E-state index contributed by atoms with van der Waals surface area (Å²) in [6, 6.07) is 18.6. The highest BCUT2D eigenvalue weighted by Crippen LogP contribution is 2.15. The van der Waals surface area contributed by atoms with Gasteiger partial charge in [0, 0.05) is 38.2 Å². The SMILES string of the molecule is CN(C)c1ccc(NCCN=Cc2ccccc2)cc1. The number of hydrogen-bond acceptors (Lipinski definition) is 3. The second-order valence-electron chi connectivity index (χ2n) is 4.81. The van der Waals surface area contributed by atoms with Crippen LogP contribution in [0.15, 0.2) is 59.6 Å². The predicted molar refractivity (Wildman–Crippen MR) is 88.2 cm³/mol. The molecule has 3 nitrogen and oxygen atoms in total. The summed E-state index contributed by atoms with van der Waals surface area (Å²) in [5.74, 6) is 0. The average molecular weight is 267 g/mol. The van der Waals surface area contributed by atoms with Crippen LogP contribution < -0.4 is 10.2 Å². The fraction of sp³-hybridized carbons (Fsp3) is 0.235. The molecular weight excluding hydrogens is 246 g/mol. The van der Waals surface area contributed by atoms with E-state index in [9.17, 15) is 0 Å². The van der Waals surface area contributed by atoms with Crippen molar-refractivity contribution in [3.05, 3.63) is 60.2 Å². The maximum Gasteiger partial charge on any atom is 0.0562 e. The van der Waals surface area contributed by atoms with E-state index in [-0.39, 0.29) is 0 Å². The van der Waals surface area contributed by atoms with Gasteiger partial charge < -0.3 is 10.2 Å². The first-order valence-corrected chi connectivity index (χ1v) is 6.82. The molecular formula is C17H21N3. The number of benzene rings is 2. The van der Waals surface area contributed by atoms with Crippen molar-refractivity contribution in [3.8, 4) is 0 Å². The molecule has 0 bridgehead atoms. The maximum atomic E-state index is 4.41. The third-order valence-corrected chi connectivity index (χ3v) is 2.99. The second kappa shape index (κ2) is 7.34. The van der Waals surface area contributed by atoms with Gasteiger partial charge in [0.1, 0.15) is 0 Å². The van der Waals surface area contributed by atoms with E-state index in [1.54, 1.807) is 0 Å². The summed E-state index contributed by atoms with van der Waals surface area (Å²) < 4.78 is 0. The van der Waals surface area contributed by atoms with Gasteiger partial charge in [0.15, 0.2) is 0 Å². The number of aliphatic imine (C=N–C) groups is 1. The van der Waals surface area contributed by atoms with E-state index in [4.69, 9.17) is 0 Å². The van der Waals surface area contributed by atoms with Gasteiger partial charge in [-0.2, -0.15) is 0 Å². The molecule has 0 heterocycles. The van der Waals surface area contributed by atoms with E-state index in [0.29, 0.717) is 0 Å². The van der Waals surface area contributed by atoms with Crippen molar-refractivity contribution >= 4 is 17.6 Å². The van der Waals surface area contributed by atoms with Crippen LogP contribution in [-0.4, -0.2) is 33.4 Å². The van der Waals surface area contributed by atoms with E-state index in [1.165, 1.54) is 5.69 Å². The third-order valence-electron chi connectivity index (χ3n) is 2.99. The van der Waals surface area contributed by atoms with Crippen molar-refractivity contribution in [1.82, 2.24) is 0 Å². The molecule has 0 saturated carbocycles. The molecule has 20 heavy (non-hydrogen) atoms. The number of anilines is 2. The van der Waals surface area contributed by atoms with Crippen LogP contribution >= 0.6 is 0 Å². The molecule has 0 amide bonds. The molecule has 0 aliphatic carbocycles. The van der Waals surface area contributed by atoms with Crippen LogP contribution in [0.1, 0.15) is 5.56 Å². The van der Waals surface area contributed by atoms with Crippen molar-refractivity contribution in [1.29, 1.82) is 0 Å². The summed E-state index contributed by atoms with van der Waals surface area (Å²) in [5, 5.41) is 3.36. The van der Waals surface area contributed by atoms with Gasteiger partial charge >= 0.3 is 0 Å². The Labute approximate surface area is 121 Å². The zero-order valence-electron chi connectivity index (χ0n) is 12.1. The van der Waals surface area contributed by atoms with Crippen LogP contribution in [0.5, 0.6) is 0 Å². The highest BCUT2D eigenvalue weighted by atomic mass is 15.1. The number of hydrogen-bond donors (Lipinski definition) is 1. The van der Waals surface area contributed by atoms with Crippen LogP contribution in [0.2, 0.25) is 0 Å². The summed E-state index contributed by atoms with van der Waals surface area (Å²) in [6.45, 7) is 1.61. The van der Waals surface area contributed by atoms with Gasteiger partial charge in [0.25, 0.3) is 0 Å². The molecule has 0 aromatic heterocycles. The first-order valence-electron chi connectivity index (χ1n) is 6.82. The Kier molecular flexibility index (Phi) is 5.18. The van der Waals surface area contributed by atoms with Gasteiger partial charge in [-0.3, -0.25) is 4.99 Å². The van der Waals surface area contributed by atoms with Crippen LogP contribution in [-0.2, 0) is 0 Å². The largest absolute Gasteiger partial charge is 0.383 e. The summed E-state index contributed by atoms with van der Waals surface area (Å²) in [4.78, 5) is 6.50. The molecule has 0 saturated heterocycles. The number of nitrogens with one attached hydrogen (secondary N) is 1. The standard InChI is InChI=1S/C17H21N3/c1-20(2)17-10-8-16(9-11-17)19-13-12-18-14-15-6-4-3-5-7-15/h3-11,14,19H,12-13H2,1-2H3. The molecule has 0 aliphatic rings. The Bertz CT molecular complexity index is 530. The Morgan fingerprint density at radius 2 is 1.70 bits per heavy atom. The highest BCUT2D eigenvalue weighted by Gasteiger charge is 1.95. The Morgan fingerprint density at radius 1 is 1.00 bits per heavy atom. The Morgan fingerprint density at radius 3 is 2.35 bits per heavy atom. The molecule has 104 valence electrons. The fourth-order valence-corrected chi connectivity index (χ4v) is 1.85. The fourth-order valence-electron chi connectivity index (χ4n) is 1.85. The molecule has 0 aliphatic heterocycles. The monoisotopic (exact) mass is 267 g/mol. The molecule has 2 aromatic rings. The molecule has 3 heteroatoms. The third kappa shape index (κ3) is 4.43. The van der Waals surface area contributed by atoms with E-state index in [0.717, 1.165) is 24.3 Å². The minimum atomic E-state index is 0.768. The molecule has 0 spiro atoms. The van der Waals surface area contributed by atoms with E-state index in [2.05, 4.69) is 51.6 Å². The minimum absolute atomic E-state index is 0.768. The van der Waals surface area contributed by atoms with E-state index in [1.807, 2.05) is 38.5 Å². The quantitative estimate of drug-likeness (QED) is 0.642. The van der Waals surface area contributed by atoms with Gasteiger partial charge in [0.2, 0.25) is 0 Å². The lowest BCUT2D eigenvalue weighted by molar-refractivity contribution is 1.03. The van der Waals surface area contributed by atoms with E-state index >= 15 is 0 Å². The molecule has 1 N–H and O–H groups in total. The van der Waals surface area contributed by atoms with Gasteiger partial charge in [0.05, 0.1) is 6.54 Å². The summed E-state index contributed by atoms with van der Waals surface area (Å²) in [6.07, 6.45) is 1.91. The van der Waals surface area contributed by atoms with E-state index < -0.39 is 0 Å². The Balaban J connectivity index is 1.74. The molecule has 2 rings (SSSR count). The number of rotatable bonds is 6. The molecule has 0 atom stereocenters. The van der Waals surface area contributed by atoms with Gasteiger partial charge in [-0.25, -0.2) is 0 Å². The lowest BCUT2D eigenvalue weighted by atomic mass is 10.2. The van der Waals surface area contributed by atoms with Gasteiger partial charge in [-0.1, -0.05) is 30.3 Å². The van der Waals surface area contributed by atoms with Crippen molar-refractivity contribution in [2.24, 2.45) is 4.99 Å². The predicted octanol–water partition coefficient (Wildman–Crippen LogP) is 3.28. The summed E-state index contributed by atoms with van der Waals surface area (Å²) in [5.41, 5.74) is 3.48. The zero-order valence-corrected chi connectivity index (χ0v) is 12.1. The van der Waals surface area contributed by atoms with Crippen molar-refractivity contribution in [3.63, 3.8) is 0 Å². The molecule has 0 unspecified atom stereocenters. The van der Waals surface area contributed by atoms with Crippen LogP contribution in [0.25, 0.3) is 0 Å². The second-order valence-corrected chi connectivity index (χ2v) is 4.81. The topological polar surface area (TPSA) is 27.6 Å². The molecule has 0 fully saturated rings. The zero-order chi connectivity index (χ0) is 14.2.